The zero-order valence-corrected chi connectivity index (χ0v) is 7.55. The molecular formula is C8H13F3O3. The quantitative estimate of drug-likeness (QED) is 0.650. The van der Waals surface area contributed by atoms with Crippen LogP contribution in [0.5, 0.6) is 0 Å². The third-order valence-corrected chi connectivity index (χ3v) is 2.07. The van der Waals surface area contributed by atoms with Crippen LogP contribution in [0, 0.1) is 5.92 Å². The minimum atomic E-state index is -3.93. The van der Waals surface area contributed by atoms with Crippen LogP contribution in [-0.2, 0) is 0 Å². The van der Waals surface area contributed by atoms with E-state index in [1.54, 1.807) is 0 Å². The lowest BCUT2D eigenvalue weighted by Gasteiger charge is -2.23. The second-order valence-electron chi connectivity index (χ2n) is 3.16. The summed E-state index contributed by atoms with van der Waals surface area (Å²) in [6.45, 7) is 0. The average molecular weight is 214 g/mol. The van der Waals surface area contributed by atoms with Crippen molar-refractivity contribution < 1.29 is 28.2 Å². The van der Waals surface area contributed by atoms with Crippen molar-refractivity contribution in [3.05, 3.63) is 0 Å². The van der Waals surface area contributed by atoms with E-state index in [2.05, 4.69) is 0 Å². The van der Waals surface area contributed by atoms with Gasteiger partial charge >= 0.3 is 12.3 Å². The Balaban J connectivity index is 0.000000364. The molecule has 0 aromatic heterocycles. The van der Waals surface area contributed by atoms with E-state index in [-0.39, 0.29) is 0 Å². The van der Waals surface area contributed by atoms with Crippen LogP contribution in [0.3, 0.4) is 0 Å². The maximum atomic E-state index is 11.9. The highest BCUT2D eigenvalue weighted by Gasteiger charge is 2.39. The van der Waals surface area contributed by atoms with Gasteiger partial charge in [-0.05, 0) is 12.8 Å². The van der Waals surface area contributed by atoms with Crippen molar-refractivity contribution >= 4 is 6.16 Å². The predicted molar refractivity (Wildman–Crippen MR) is 43.3 cm³/mol. The molecule has 0 aromatic rings. The molecule has 1 aliphatic carbocycles. The van der Waals surface area contributed by atoms with Gasteiger partial charge in [0.25, 0.3) is 0 Å². The summed E-state index contributed by atoms with van der Waals surface area (Å²) in [5, 5.41) is 13.9. The van der Waals surface area contributed by atoms with Crippen LogP contribution in [0.25, 0.3) is 0 Å². The van der Waals surface area contributed by atoms with Crippen molar-refractivity contribution in [1.29, 1.82) is 0 Å². The molecule has 14 heavy (non-hydrogen) atoms. The zero-order valence-electron chi connectivity index (χ0n) is 7.55. The van der Waals surface area contributed by atoms with Crippen LogP contribution in [0.1, 0.15) is 32.1 Å². The van der Waals surface area contributed by atoms with E-state index in [9.17, 15) is 13.2 Å². The number of halogens is 3. The van der Waals surface area contributed by atoms with Crippen molar-refractivity contribution in [2.24, 2.45) is 5.92 Å². The second-order valence-corrected chi connectivity index (χ2v) is 3.16. The van der Waals surface area contributed by atoms with E-state index in [0.29, 0.717) is 12.8 Å². The average Bonchev–Trinajstić information content (AvgIpc) is 2.03. The largest absolute Gasteiger partial charge is 0.503 e. The Morgan fingerprint density at radius 1 is 1.07 bits per heavy atom. The molecule has 1 saturated carbocycles. The number of alkyl halides is 3. The summed E-state index contributed by atoms with van der Waals surface area (Å²) in [6, 6.07) is 0. The molecule has 0 radical (unpaired) electrons. The Hall–Kier alpha value is -0.940. The lowest BCUT2D eigenvalue weighted by molar-refractivity contribution is -0.181. The molecule has 1 fully saturated rings. The first kappa shape index (κ1) is 13.1. The summed E-state index contributed by atoms with van der Waals surface area (Å²) in [6.07, 6.45) is -2.58. The van der Waals surface area contributed by atoms with Crippen molar-refractivity contribution in [1.82, 2.24) is 0 Å². The summed E-state index contributed by atoms with van der Waals surface area (Å²) in [5.41, 5.74) is 0. The molecule has 0 heterocycles. The minimum Gasteiger partial charge on any atom is -0.450 e. The van der Waals surface area contributed by atoms with E-state index in [4.69, 9.17) is 15.0 Å². The molecule has 1 rings (SSSR count). The van der Waals surface area contributed by atoms with Crippen LogP contribution in [0.2, 0.25) is 0 Å². The molecule has 84 valence electrons. The van der Waals surface area contributed by atoms with Gasteiger partial charge < -0.3 is 10.2 Å². The fraction of sp³-hybridized carbons (Fsp3) is 0.875. The Morgan fingerprint density at radius 2 is 1.43 bits per heavy atom. The van der Waals surface area contributed by atoms with Gasteiger partial charge in [0.1, 0.15) is 0 Å². The van der Waals surface area contributed by atoms with Crippen molar-refractivity contribution in [2.45, 2.75) is 38.3 Å². The molecule has 0 spiro atoms. The van der Waals surface area contributed by atoms with Crippen molar-refractivity contribution in [3.8, 4) is 0 Å². The summed E-state index contributed by atoms with van der Waals surface area (Å²) in [7, 11) is 0. The van der Waals surface area contributed by atoms with Gasteiger partial charge in [-0.1, -0.05) is 19.3 Å². The van der Waals surface area contributed by atoms with Gasteiger partial charge in [-0.25, -0.2) is 4.79 Å². The summed E-state index contributed by atoms with van der Waals surface area (Å²) in [5.74, 6) is -0.999. The van der Waals surface area contributed by atoms with Crippen LogP contribution >= 0.6 is 0 Å². The molecule has 0 bridgehead atoms. The summed E-state index contributed by atoms with van der Waals surface area (Å²) >= 11 is 0. The number of rotatable bonds is 0. The molecule has 1 aliphatic rings. The lowest BCUT2D eigenvalue weighted by Crippen LogP contribution is -2.24. The first-order chi connectivity index (χ1) is 6.34. The highest BCUT2D eigenvalue weighted by molar-refractivity contribution is 5.53. The molecule has 0 amide bonds. The monoisotopic (exact) mass is 214 g/mol. The number of carbonyl (C=O) groups is 1. The number of hydrogen-bond acceptors (Lipinski definition) is 1. The first-order valence-corrected chi connectivity index (χ1v) is 4.32. The third kappa shape index (κ3) is 6.56. The third-order valence-electron chi connectivity index (χ3n) is 2.07. The van der Waals surface area contributed by atoms with Gasteiger partial charge in [-0.2, -0.15) is 13.2 Å². The van der Waals surface area contributed by atoms with E-state index in [1.807, 2.05) is 0 Å². The van der Waals surface area contributed by atoms with E-state index in [1.165, 1.54) is 0 Å². The minimum absolute atomic E-state index is 0.351. The molecule has 2 N–H and O–H groups in total. The first-order valence-electron chi connectivity index (χ1n) is 4.32. The summed E-state index contributed by atoms with van der Waals surface area (Å²) < 4.78 is 35.8. The van der Waals surface area contributed by atoms with Gasteiger partial charge in [0.05, 0.1) is 5.92 Å². The molecule has 3 nitrogen and oxygen atoms in total. The Bertz CT molecular complexity index is 169. The zero-order chi connectivity index (χ0) is 11.2. The highest BCUT2D eigenvalue weighted by Crippen LogP contribution is 2.37. The van der Waals surface area contributed by atoms with Crippen LogP contribution in [0.15, 0.2) is 0 Å². The molecule has 0 aromatic carbocycles. The Morgan fingerprint density at radius 3 is 1.64 bits per heavy atom. The van der Waals surface area contributed by atoms with Crippen molar-refractivity contribution in [3.63, 3.8) is 0 Å². The van der Waals surface area contributed by atoms with Crippen LogP contribution in [-0.4, -0.2) is 22.5 Å². The van der Waals surface area contributed by atoms with Crippen LogP contribution in [0.4, 0.5) is 18.0 Å². The summed E-state index contributed by atoms with van der Waals surface area (Å²) in [4.78, 5) is 8.56. The molecule has 0 saturated heterocycles. The fourth-order valence-electron chi connectivity index (χ4n) is 1.43. The number of carboxylic acid groups (broad SMARTS) is 2. The normalized spacial score (nSPS) is 18.2. The lowest BCUT2D eigenvalue weighted by atomic mass is 9.89. The Kier molecular flexibility index (Phi) is 5.34. The second kappa shape index (κ2) is 5.72. The van der Waals surface area contributed by atoms with E-state index in [0.717, 1.165) is 19.3 Å². The fourth-order valence-corrected chi connectivity index (χ4v) is 1.43. The standard InChI is InChI=1S/C7H11F3.CH2O3/c8-7(9,10)6-4-2-1-3-5-6;2-1(3)4/h6H,1-5H2;(H2,2,3,4). The smallest absolute Gasteiger partial charge is 0.450 e. The van der Waals surface area contributed by atoms with Gasteiger partial charge in [0.2, 0.25) is 0 Å². The van der Waals surface area contributed by atoms with E-state index >= 15 is 0 Å². The van der Waals surface area contributed by atoms with Gasteiger partial charge in [-0.3, -0.25) is 0 Å². The molecule has 6 heteroatoms. The predicted octanol–water partition coefficient (Wildman–Crippen LogP) is 3.35. The Labute approximate surface area is 79.5 Å². The number of hydrogen-bond donors (Lipinski definition) is 2. The topological polar surface area (TPSA) is 57.5 Å². The maximum Gasteiger partial charge on any atom is 0.503 e. The van der Waals surface area contributed by atoms with Gasteiger partial charge in [-0.15, -0.1) is 0 Å². The van der Waals surface area contributed by atoms with Crippen LogP contribution < -0.4 is 0 Å². The van der Waals surface area contributed by atoms with Gasteiger partial charge in [0, 0.05) is 0 Å². The highest BCUT2D eigenvalue weighted by atomic mass is 19.4. The maximum absolute atomic E-state index is 11.9. The molecular weight excluding hydrogens is 201 g/mol. The van der Waals surface area contributed by atoms with Crippen molar-refractivity contribution in [2.75, 3.05) is 0 Å². The van der Waals surface area contributed by atoms with E-state index < -0.39 is 18.2 Å². The molecule has 0 unspecified atom stereocenters. The molecule has 0 atom stereocenters. The molecule has 0 aliphatic heterocycles. The van der Waals surface area contributed by atoms with Gasteiger partial charge in [0.15, 0.2) is 0 Å². The SMILES string of the molecule is FC(F)(F)C1CCCCC1.O=C(O)O.